The number of piperidine rings is 1. The van der Waals surface area contributed by atoms with Crippen LogP contribution in [-0.2, 0) is 4.74 Å². The summed E-state index contributed by atoms with van der Waals surface area (Å²) in [4.78, 5) is 2.74. The molecule has 1 aliphatic heterocycles. The third-order valence-corrected chi connectivity index (χ3v) is 5.70. The van der Waals surface area contributed by atoms with Gasteiger partial charge in [0, 0.05) is 25.7 Å². The van der Waals surface area contributed by atoms with Crippen molar-refractivity contribution < 1.29 is 4.74 Å². The van der Waals surface area contributed by atoms with Crippen LogP contribution in [0.3, 0.4) is 0 Å². The molecular weight excluding hydrogens is 260 g/mol. The Labute approximate surface area is 131 Å². The van der Waals surface area contributed by atoms with E-state index in [2.05, 4.69) is 18.7 Å². The zero-order valence-electron chi connectivity index (χ0n) is 14.4. The van der Waals surface area contributed by atoms with Gasteiger partial charge >= 0.3 is 0 Å². The highest BCUT2D eigenvalue weighted by Crippen LogP contribution is 2.40. The smallest absolute Gasteiger partial charge is 0.0502 e. The van der Waals surface area contributed by atoms with Gasteiger partial charge in [0.05, 0.1) is 6.61 Å². The van der Waals surface area contributed by atoms with E-state index in [4.69, 9.17) is 10.5 Å². The maximum atomic E-state index is 6.31. The Balaban J connectivity index is 2.01. The molecule has 0 aromatic rings. The number of nitrogens with two attached hydrogens (primary N) is 1. The topological polar surface area (TPSA) is 38.5 Å². The maximum absolute atomic E-state index is 6.31. The molecule has 124 valence electrons. The van der Waals surface area contributed by atoms with E-state index in [1.54, 1.807) is 0 Å². The van der Waals surface area contributed by atoms with Gasteiger partial charge in [-0.2, -0.15) is 0 Å². The number of hydrogen-bond acceptors (Lipinski definition) is 3. The highest BCUT2D eigenvalue weighted by Gasteiger charge is 2.41. The van der Waals surface area contributed by atoms with Crippen molar-refractivity contribution in [3.63, 3.8) is 0 Å². The Morgan fingerprint density at radius 1 is 1.24 bits per heavy atom. The second-order valence-electron chi connectivity index (χ2n) is 7.93. The van der Waals surface area contributed by atoms with Gasteiger partial charge < -0.3 is 10.5 Å². The average Bonchev–Trinajstić information content (AvgIpc) is 2.47. The van der Waals surface area contributed by atoms with E-state index in [1.165, 1.54) is 58.0 Å². The number of rotatable bonds is 6. The number of methoxy groups -OCH3 is 1. The van der Waals surface area contributed by atoms with Gasteiger partial charge in [0.15, 0.2) is 0 Å². The molecule has 3 nitrogen and oxygen atoms in total. The van der Waals surface area contributed by atoms with E-state index >= 15 is 0 Å². The summed E-state index contributed by atoms with van der Waals surface area (Å²) in [5.74, 6) is 2.40. The summed E-state index contributed by atoms with van der Waals surface area (Å²) in [6.45, 7) is 8.89. The fourth-order valence-corrected chi connectivity index (χ4v) is 4.80. The van der Waals surface area contributed by atoms with Crippen LogP contribution in [0, 0.1) is 17.8 Å². The highest BCUT2D eigenvalue weighted by atomic mass is 16.5. The van der Waals surface area contributed by atoms with Crippen molar-refractivity contribution in [3.8, 4) is 0 Å². The summed E-state index contributed by atoms with van der Waals surface area (Å²) in [5.41, 5.74) is 6.59. The molecule has 0 spiro atoms. The first-order valence-electron chi connectivity index (χ1n) is 9.03. The van der Waals surface area contributed by atoms with Gasteiger partial charge in [-0.3, -0.25) is 4.90 Å². The fraction of sp³-hybridized carbons (Fsp3) is 1.00. The van der Waals surface area contributed by atoms with Crippen molar-refractivity contribution in [3.05, 3.63) is 0 Å². The predicted molar refractivity (Wildman–Crippen MR) is 89.4 cm³/mol. The molecule has 3 unspecified atom stereocenters. The molecule has 3 atom stereocenters. The van der Waals surface area contributed by atoms with Crippen LogP contribution in [0.1, 0.15) is 58.8 Å². The zero-order valence-corrected chi connectivity index (χ0v) is 14.4. The second kappa shape index (κ2) is 7.94. The van der Waals surface area contributed by atoms with Gasteiger partial charge in [0.25, 0.3) is 0 Å². The van der Waals surface area contributed by atoms with Gasteiger partial charge in [0.2, 0.25) is 0 Å². The molecule has 2 rings (SSSR count). The van der Waals surface area contributed by atoms with Crippen molar-refractivity contribution in [1.82, 2.24) is 4.90 Å². The maximum Gasteiger partial charge on any atom is 0.0502 e. The van der Waals surface area contributed by atoms with E-state index in [9.17, 15) is 0 Å². The lowest BCUT2D eigenvalue weighted by Crippen LogP contribution is -2.59. The SMILES string of the molecule is COCC1CCCN(C2(CN)CCCC(CC(C)C)C2)C1. The van der Waals surface area contributed by atoms with Crippen LogP contribution in [0.5, 0.6) is 0 Å². The van der Waals surface area contributed by atoms with Crippen LogP contribution in [0.2, 0.25) is 0 Å². The Hall–Kier alpha value is -0.120. The normalized spacial score (nSPS) is 35.3. The van der Waals surface area contributed by atoms with Gasteiger partial charge in [0.1, 0.15) is 0 Å². The predicted octanol–water partition coefficient (Wildman–Crippen LogP) is 3.28. The Bertz CT molecular complexity index is 306. The minimum absolute atomic E-state index is 0.282. The van der Waals surface area contributed by atoms with Crippen molar-refractivity contribution >= 4 is 0 Å². The monoisotopic (exact) mass is 296 g/mol. The minimum Gasteiger partial charge on any atom is -0.384 e. The first-order chi connectivity index (χ1) is 10.1. The average molecular weight is 296 g/mol. The minimum atomic E-state index is 0.282. The van der Waals surface area contributed by atoms with Gasteiger partial charge in [-0.15, -0.1) is 0 Å². The van der Waals surface area contributed by atoms with Crippen LogP contribution < -0.4 is 5.73 Å². The van der Waals surface area contributed by atoms with E-state index in [-0.39, 0.29) is 5.54 Å². The number of nitrogens with zero attached hydrogens (tertiary/aromatic N) is 1. The molecule has 2 N–H and O–H groups in total. The quantitative estimate of drug-likeness (QED) is 0.817. The summed E-state index contributed by atoms with van der Waals surface area (Å²) in [7, 11) is 1.83. The van der Waals surface area contributed by atoms with Crippen LogP contribution in [0.4, 0.5) is 0 Å². The van der Waals surface area contributed by atoms with Crippen molar-refractivity contribution in [2.75, 3.05) is 33.4 Å². The Morgan fingerprint density at radius 2 is 2.00 bits per heavy atom. The lowest BCUT2D eigenvalue weighted by Gasteiger charge is -2.51. The van der Waals surface area contributed by atoms with Gasteiger partial charge in [-0.05, 0) is 56.4 Å². The molecule has 0 aromatic heterocycles. The molecule has 1 aliphatic carbocycles. The number of ether oxygens (including phenoxy) is 1. The zero-order chi connectivity index (χ0) is 15.3. The van der Waals surface area contributed by atoms with Gasteiger partial charge in [-0.25, -0.2) is 0 Å². The summed E-state index contributed by atoms with van der Waals surface area (Å²) in [5, 5.41) is 0. The van der Waals surface area contributed by atoms with Crippen molar-refractivity contribution in [1.29, 1.82) is 0 Å². The van der Waals surface area contributed by atoms with E-state index < -0.39 is 0 Å². The molecular formula is C18H36N2O. The van der Waals surface area contributed by atoms with E-state index in [0.717, 1.165) is 25.0 Å². The molecule has 0 radical (unpaired) electrons. The molecule has 2 fully saturated rings. The summed E-state index contributed by atoms with van der Waals surface area (Å²) in [6, 6.07) is 0. The lowest BCUT2D eigenvalue weighted by molar-refractivity contribution is -0.0123. The van der Waals surface area contributed by atoms with E-state index in [0.29, 0.717) is 5.92 Å². The first-order valence-corrected chi connectivity index (χ1v) is 9.03. The summed E-state index contributed by atoms with van der Waals surface area (Å²) < 4.78 is 5.40. The van der Waals surface area contributed by atoms with Crippen LogP contribution in [0.15, 0.2) is 0 Å². The molecule has 0 bridgehead atoms. The molecule has 1 saturated carbocycles. The molecule has 21 heavy (non-hydrogen) atoms. The number of likely N-dealkylation sites (tertiary alicyclic amines) is 1. The second-order valence-corrected chi connectivity index (χ2v) is 7.93. The highest BCUT2D eigenvalue weighted by molar-refractivity contribution is 4.98. The fourth-order valence-electron chi connectivity index (χ4n) is 4.80. The molecule has 0 aromatic carbocycles. The molecule has 2 aliphatic rings. The van der Waals surface area contributed by atoms with Crippen LogP contribution >= 0.6 is 0 Å². The largest absolute Gasteiger partial charge is 0.384 e. The van der Waals surface area contributed by atoms with E-state index in [1.807, 2.05) is 7.11 Å². The standard InChI is InChI=1S/C18H36N2O/c1-15(2)10-16-6-4-8-18(11-16,14-19)20-9-5-7-17(12-20)13-21-3/h15-17H,4-14,19H2,1-3H3. The number of hydrogen-bond donors (Lipinski definition) is 1. The third kappa shape index (κ3) is 4.43. The van der Waals surface area contributed by atoms with Crippen molar-refractivity contribution in [2.24, 2.45) is 23.5 Å². The Kier molecular flexibility index (Phi) is 6.51. The van der Waals surface area contributed by atoms with Crippen molar-refractivity contribution in [2.45, 2.75) is 64.3 Å². The summed E-state index contributed by atoms with van der Waals surface area (Å²) in [6.07, 6.45) is 9.40. The molecule has 1 saturated heterocycles. The van der Waals surface area contributed by atoms with Crippen LogP contribution in [0.25, 0.3) is 0 Å². The lowest BCUT2D eigenvalue weighted by atomic mass is 9.71. The first kappa shape index (κ1) is 17.2. The van der Waals surface area contributed by atoms with Crippen LogP contribution in [-0.4, -0.2) is 43.8 Å². The molecule has 3 heteroatoms. The van der Waals surface area contributed by atoms with Gasteiger partial charge in [-0.1, -0.05) is 26.7 Å². The summed E-state index contributed by atoms with van der Waals surface area (Å²) >= 11 is 0. The Morgan fingerprint density at radius 3 is 2.67 bits per heavy atom. The molecule has 1 heterocycles. The molecule has 0 amide bonds. The third-order valence-electron chi connectivity index (χ3n) is 5.70.